The lowest BCUT2D eigenvalue weighted by molar-refractivity contribution is -0.117. The first-order valence-electron chi connectivity index (χ1n) is 9.55. The number of nitrogens with one attached hydrogen (secondary N) is 1. The molecule has 1 unspecified atom stereocenters. The van der Waals surface area contributed by atoms with Crippen molar-refractivity contribution in [1.82, 2.24) is 4.90 Å². The van der Waals surface area contributed by atoms with Crippen molar-refractivity contribution in [2.75, 3.05) is 18.7 Å². The Labute approximate surface area is 182 Å². The number of nitrogens with zero attached hydrogens (tertiary/aromatic N) is 1. The van der Waals surface area contributed by atoms with Gasteiger partial charge in [0.2, 0.25) is 12.7 Å². The molecule has 5 rings (SSSR count). The highest BCUT2D eigenvalue weighted by atomic mass is 35.5. The van der Waals surface area contributed by atoms with E-state index in [1.165, 1.54) is 17.0 Å². The third kappa shape index (κ3) is 3.57. The number of fused-ring (bicyclic) bond motifs is 2. The molecular weight excluding hydrogens is 423 g/mol. The largest absolute Gasteiger partial charge is 0.454 e. The van der Waals surface area contributed by atoms with Gasteiger partial charge in [-0.3, -0.25) is 9.59 Å². The Hall–Kier alpha value is -3.58. The lowest BCUT2D eigenvalue weighted by Crippen LogP contribution is -2.39. The molecule has 0 bridgehead atoms. The van der Waals surface area contributed by atoms with Gasteiger partial charge in [0.15, 0.2) is 11.5 Å². The van der Waals surface area contributed by atoms with Crippen molar-refractivity contribution in [3.63, 3.8) is 0 Å². The fourth-order valence-electron chi connectivity index (χ4n) is 3.87. The first-order chi connectivity index (χ1) is 15.0. The summed E-state index contributed by atoms with van der Waals surface area (Å²) in [6.45, 7) is -0.106. The van der Waals surface area contributed by atoms with Crippen molar-refractivity contribution in [2.45, 2.75) is 6.04 Å². The van der Waals surface area contributed by atoms with Gasteiger partial charge in [-0.15, -0.1) is 0 Å². The summed E-state index contributed by atoms with van der Waals surface area (Å²) in [6, 6.07) is 15.1. The molecule has 2 aliphatic rings. The van der Waals surface area contributed by atoms with E-state index >= 15 is 0 Å². The number of anilines is 1. The summed E-state index contributed by atoms with van der Waals surface area (Å²) >= 11 is 6.25. The lowest BCUT2D eigenvalue weighted by atomic mass is 9.95. The second-order valence-corrected chi connectivity index (χ2v) is 7.67. The van der Waals surface area contributed by atoms with Crippen LogP contribution in [-0.2, 0) is 4.79 Å². The van der Waals surface area contributed by atoms with E-state index in [-0.39, 0.29) is 25.2 Å². The number of halogens is 2. The zero-order valence-electron chi connectivity index (χ0n) is 16.1. The first-order valence-corrected chi connectivity index (χ1v) is 9.93. The van der Waals surface area contributed by atoms with Crippen LogP contribution in [0.2, 0.25) is 5.02 Å². The van der Waals surface area contributed by atoms with Crippen LogP contribution in [0.25, 0.3) is 0 Å². The van der Waals surface area contributed by atoms with Crippen LogP contribution >= 0.6 is 11.6 Å². The van der Waals surface area contributed by atoms with Crippen LogP contribution in [0.5, 0.6) is 11.5 Å². The molecule has 0 radical (unpaired) electrons. The zero-order chi connectivity index (χ0) is 21.5. The van der Waals surface area contributed by atoms with Crippen molar-refractivity contribution in [2.24, 2.45) is 0 Å². The van der Waals surface area contributed by atoms with Gasteiger partial charge in [0, 0.05) is 21.8 Å². The normalized spacial score (nSPS) is 17.0. The average Bonchev–Trinajstić information content (AvgIpc) is 3.18. The Morgan fingerprint density at radius 2 is 1.81 bits per heavy atom. The highest BCUT2D eigenvalue weighted by molar-refractivity contribution is 6.30. The van der Waals surface area contributed by atoms with Gasteiger partial charge < -0.3 is 19.7 Å². The van der Waals surface area contributed by atoms with Crippen LogP contribution in [0.3, 0.4) is 0 Å². The predicted molar refractivity (Wildman–Crippen MR) is 112 cm³/mol. The van der Waals surface area contributed by atoms with Gasteiger partial charge in [-0.05, 0) is 54.1 Å². The van der Waals surface area contributed by atoms with Crippen LogP contribution in [0.15, 0.2) is 60.7 Å². The van der Waals surface area contributed by atoms with Gasteiger partial charge >= 0.3 is 0 Å². The van der Waals surface area contributed by atoms with Crippen LogP contribution in [0.1, 0.15) is 27.5 Å². The Bertz CT molecular complexity index is 1200. The minimum absolute atomic E-state index is 0.0865. The number of carbonyl (C=O) groups is 2. The maximum Gasteiger partial charge on any atom is 0.255 e. The van der Waals surface area contributed by atoms with E-state index < -0.39 is 11.9 Å². The Kier molecular flexibility index (Phi) is 4.75. The van der Waals surface area contributed by atoms with E-state index in [2.05, 4.69) is 5.32 Å². The van der Waals surface area contributed by atoms with Crippen LogP contribution in [0, 0.1) is 5.82 Å². The number of hydrogen-bond donors (Lipinski definition) is 1. The van der Waals surface area contributed by atoms with Gasteiger partial charge in [0.1, 0.15) is 12.4 Å². The maximum atomic E-state index is 13.6. The maximum absolute atomic E-state index is 13.6. The van der Waals surface area contributed by atoms with Gasteiger partial charge in [-0.1, -0.05) is 23.7 Å². The Morgan fingerprint density at radius 1 is 1.03 bits per heavy atom. The molecule has 0 spiro atoms. The molecule has 2 amide bonds. The molecule has 2 aliphatic heterocycles. The lowest BCUT2D eigenvalue weighted by Gasteiger charge is -2.30. The van der Waals surface area contributed by atoms with E-state index in [0.717, 1.165) is 0 Å². The topological polar surface area (TPSA) is 67.9 Å². The van der Waals surface area contributed by atoms with Crippen molar-refractivity contribution < 1.29 is 23.5 Å². The average molecular weight is 439 g/mol. The van der Waals surface area contributed by atoms with Crippen LogP contribution in [0.4, 0.5) is 10.1 Å². The number of ether oxygens (including phenoxy) is 2. The molecule has 31 heavy (non-hydrogen) atoms. The van der Waals surface area contributed by atoms with Crippen molar-refractivity contribution in [1.29, 1.82) is 0 Å². The highest BCUT2D eigenvalue weighted by Gasteiger charge is 2.34. The fourth-order valence-corrected chi connectivity index (χ4v) is 4.05. The molecule has 0 saturated heterocycles. The molecule has 0 fully saturated rings. The van der Waals surface area contributed by atoms with E-state index in [0.29, 0.717) is 38.9 Å². The standard InChI is InChI=1S/C23H16ClFN2O4/c24-15-4-7-18-17(10-15)22(13-1-5-16(25)6-2-13)27(11-21(28)26-18)23(29)14-3-8-19-20(9-14)31-12-30-19/h1-10,22H,11-12H2,(H,26,28). The number of hydrogen-bond acceptors (Lipinski definition) is 4. The molecular formula is C23H16ClFN2O4. The summed E-state index contributed by atoms with van der Waals surface area (Å²) in [6.07, 6.45) is 0. The molecule has 8 heteroatoms. The zero-order valence-corrected chi connectivity index (χ0v) is 16.9. The van der Waals surface area contributed by atoms with Gasteiger partial charge in [0.05, 0.1) is 6.04 Å². The van der Waals surface area contributed by atoms with E-state index in [1.807, 2.05) is 0 Å². The molecule has 1 N–H and O–H groups in total. The molecule has 0 saturated carbocycles. The molecule has 0 aromatic heterocycles. The minimum Gasteiger partial charge on any atom is -0.454 e. The van der Waals surface area contributed by atoms with E-state index in [4.69, 9.17) is 21.1 Å². The second kappa shape index (κ2) is 7.59. The smallest absolute Gasteiger partial charge is 0.255 e. The second-order valence-electron chi connectivity index (χ2n) is 7.23. The van der Waals surface area contributed by atoms with Gasteiger partial charge in [-0.2, -0.15) is 0 Å². The summed E-state index contributed by atoms with van der Waals surface area (Å²) in [7, 11) is 0. The molecule has 156 valence electrons. The van der Waals surface area contributed by atoms with E-state index in [1.54, 1.807) is 48.5 Å². The van der Waals surface area contributed by atoms with Crippen molar-refractivity contribution in [3.8, 4) is 11.5 Å². The molecule has 0 aliphatic carbocycles. The predicted octanol–water partition coefficient (Wildman–Crippen LogP) is 4.39. The summed E-state index contributed by atoms with van der Waals surface area (Å²) < 4.78 is 24.3. The highest BCUT2D eigenvalue weighted by Crippen LogP contribution is 2.39. The number of carbonyl (C=O) groups excluding carboxylic acids is 2. The molecule has 3 aromatic carbocycles. The number of benzene rings is 3. The van der Waals surface area contributed by atoms with Crippen molar-refractivity contribution in [3.05, 3.63) is 88.2 Å². The van der Waals surface area contributed by atoms with Gasteiger partial charge in [-0.25, -0.2) is 4.39 Å². The Balaban J connectivity index is 1.65. The molecule has 1 atom stereocenters. The summed E-state index contributed by atoms with van der Waals surface area (Å²) in [5, 5.41) is 3.28. The monoisotopic (exact) mass is 438 g/mol. The summed E-state index contributed by atoms with van der Waals surface area (Å²) in [4.78, 5) is 27.7. The van der Waals surface area contributed by atoms with E-state index in [9.17, 15) is 14.0 Å². The summed E-state index contributed by atoms with van der Waals surface area (Å²) in [5.41, 5.74) is 2.17. The fraction of sp³-hybridized carbons (Fsp3) is 0.130. The van der Waals surface area contributed by atoms with Crippen LogP contribution < -0.4 is 14.8 Å². The number of amides is 2. The summed E-state index contributed by atoms with van der Waals surface area (Å²) in [5.74, 6) is -0.103. The van der Waals surface area contributed by atoms with Crippen LogP contribution in [-0.4, -0.2) is 30.1 Å². The molecule has 2 heterocycles. The first kappa shape index (κ1) is 19.4. The Morgan fingerprint density at radius 3 is 2.61 bits per heavy atom. The third-order valence-corrected chi connectivity index (χ3v) is 5.51. The molecule has 6 nitrogen and oxygen atoms in total. The minimum atomic E-state index is -0.661. The molecule has 3 aromatic rings. The number of rotatable bonds is 2. The quantitative estimate of drug-likeness (QED) is 0.644. The third-order valence-electron chi connectivity index (χ3n) is 5.27. The van der Waals surface area contributed by atoms with Crippen molar-refractivity contribution >= 4 is 29.1 Å². The SMILES string of the molecule is O=C1CN(C(=O)c2ccc3c(c2)OCO3)C(c2ccc(F)cc2)c2cc(Cl)ccc2N1. The van der Waals surface area contributed by atoms with Gasteiger partial charge in [0.25, 0.3) is 5.91 Å².